The highest BCUT2D eigenvalue weighted by atomic mass is 32.2. The molecule has 70 valence electrons. The van der Waals surface area contributed by atoms with Gasteiger partial charge in [-0.3, -0.25) is 4.79 Å². The molecule has 0 radical (unpaired) electrons. The molecule has 0 fully saturated rings. The Hall–Kier alpha value is -0.760. The molecule has 1 atom stereocenters. The Kier molecular flexibility index (Phi) is 4.03. The molecule has 0 spiro atoms. The minimum atomic E-state index is 0.261. The van der Waals surface area contributed by atoms with Crippen molar-refractivity contribution in [2.24, 2.45) is 0 Å². The Morgan fingerprint density at radius 3 is 2.54 bits per heavy atom. The number of carbonyl (C=O) groups is 1. The zero-order valence-corrected chi connectivity index (χ0v) is 8.80. The first-order valence-electron chi connectivity index (χ1n) is 4.36. The van der Waals surface area contributed by atoms with E-state index in [0.29, 0.717) is 12.3 Å². The Labute approximate surface area is 83.5 Å². The molecular formula is C11H14OS. The zero-order chi connectivity index (χ0) is 9.68. The summed E-state index contributed by atoms with van der Waals surface area (Å²) in [5.41, 5.74) is 1.24. The van der Waals surface area contributed by atoms with E-state index in [0.717, 1.165) is 0 Å². The molecule has 0 aliphatic heterocycles. The van der Waals surface area contributed by atoms with Crippen LogP contribution in [0.5, 0.6) is 0 Å². The van der Waals surface area contributed by atoms with Gasteiger partial charge in [0, 0.05) is 6.42 Å². The number of carbonyl (C=O) groups excluding carboxylic acids is 1. The highest BCUT2D eigenvalue weighted by Crippen LogP contribution is 2.20. The molecule has 0 N–H and O–H groups in total. The summed E-state index contributed by atoms with van der Waals surface area (Å²) >= 11 is 1.31. The minimum Gasteiger partial charge on any atom is -0.287 e. The fraction of sp³-hybridized carbons (Fsp3) is 0.364. The molecule has 1 aromatic rings. The predicted octanol–water partition coefficient (Wildman–Crippen LogP) is 3.07. The van der Waals surface area contributed by atoms with Gasteiger partial charge in [0.1, 0.15) is 0 Å². The van der Waals surface area contributed by atoms with Crippen LogP contribution >= 0.6 is 11.8 Å². The van der Waals surface area contributed by atoms with Crippen LogP contribution in [0, 0.1) is 0 Å². The fourth-order valence-electron chi connectivity index (χ4n) is 1.23. The van der Waals surface area contributed by atoms with Gasteiger partial charge in [-0.2, -0.15) is 0 Å². The maximum absolute atomic E-state index is 11.2. The molecule has 0 amide bonds. The highest BCUT2D eigenvalue weighted by molar-refractivity contribution is 8.13. The van der Waals surface area contributed by atoms with Gasteiger partial charge in [0.2, 0.25) is 0 Å². The van der Waals surface area contributed by atoms with Crippen molar-refractivity contribution in [2.45, 2.75) is 19.3 Å². The van der Waals surface area contributed by atoms with Crippen molar-refractivity contribution in [1.82, 2.24) is 0 Å². The molecule has 0 aromatic heterocycles. The van der Waals surface area contributed by atoms with E-state index in [1.54, 1.807) is 0 Å². The Balaban J connectivity index is 2.59. The van der Waals surface area contributed by atoms with E-state index in [1.807, 2.05) is 24.5 Å². The minimum absolute atomic E-state index is 0.261. The number of hydrogen-bond acceptors (Lipinski definition) is 2. The molecule has 2 heteroatoms. The van der Waals surface area contributed by atoms with Gasteiger partial charge in [-0.15, -0.1) is 0 Å². The largest absolute Gasteiger partial charge is 0.287 e. The van der Waals surface area contributed by atoms with Crippen LogP contribution in [0.1, 0.15) is 24.8 Å². The van der Waals surface area contributed by atoms with Crippen LogP contribution in [0.15, 0.2) is 30.3 Å². The summed E-state index contributed by atoms with van der Waals surface area (Å²) in [5.74, 6) is 0.334. The third-order valence-corrected chi connectivity index (χ3v) is 2.69. The maximum atomic E-state index is 11.2. The average molecular weight is 194 g/mol. The fourth-order valence-corrected chi connectivity index (χ4v) is 1.65. The second kappa shape index (κ2) is 5.07. The molecule has 0 aliphatic rings. The van der Waals surface area contributed by atoms with Crippen LogP contribution in [0.3, 0.4) is 0 Å². The monoisotopic (exact) mass is 194 g/mol. The molecule has 0 bridgehead atoms. The summed E-state index contributed by atoms with van der Waals surface area (Å²) < 4.78 is 0. The quantitative estimate of drug-likeness (QED) is 0.735. The predicted molar refractivity (Wildman–Crippen MR) is 58.0 cm³/mol. The molecule has 0 saturated carbocycles. The lowest BCUT2D eigenvalue weighted by atomic mass is 9.99. The number of thioether (sulfide) groups is 1. The van der Waals surface area contributed by atoms with Crippen molar-refractivity contribution < 1.29 is 4.79 Å². The Bertz CT molecular complexity index is 269. The molecule has 0 aliphatic carbocycles. The molecular weight excluding hydrogens is 180 g/mol. The van der Waals surface area contributed by atoms with Crippen LogP contribution < -0.4 is 0 Å². The second-order valence-electron chi connectivity index (χ2n) is 3.09. The van der Waals surface area contributed by atoms with E-state index in [-0.39, 0.29) is 5.12 Å². The topological polar surface area (TPSA) is 17.1 Å². The van der Waals surface area contributed by atoms with Gasteiger partial charge in [-0.1, -0.05) is 49.0 Å². The lowest BCUT2D eigenvalue weighted by Gasteiger charge is -2.09. The van der Waals surface area contributed by atoms with Gasteiger partial charge >= 0.3 is 0 Å². The van der Waals surface area contributed by atoms with E-state index in [9.17, 15) is 4.79 Å². The van der Waals surface area contributed by atoms with Crippen molar-refractivity contribution in [2.75, 3.05) is 6.26 Å². The van der Waals surface area contributed by atoms with E-state index in [1.165, 1.54) is 17.3 Å². The number of benzene rings is 1. The summed E-state index contributed by atoms with van der Waals surface area (Å²) in [5, 5.41) is 0.261. The van der Waals surface area contributed by atoms with Crippen molar-refractivity contribution in [3.8, 4) is 0 Å². The van der Waals surface area contributed by atoms with Gasteiger partial charge in [-0.25, -0.2) is 0 Å². The van der Waals surface area contributed by atoms with Crippen LogP contribution in [0.25, 0.3) is 0 Å². The lowest BCUT2D eigenvalue weighted by Crippen LogP contribution is -1.99. The van der Waals surface area contributed by atoms with Gasteiger partial charge in [-0.05, 0) is 17.7 Å². The summed E-state index contributed by atoms with van der Waals surface area (Å²) in [7, 11) is 0. The zero-order valence-electron chi connectivity index (χ0n) is 7.99. The van der Waals surface area contributed by atoms with Crippen molar-refractivity contribution >= 4 is 16.9 Å². The van der Waals surface area contributed by atoms with Gasteiger partial charge in [0.25, 0.3) is 0 Å². The molecule has 1 rings (SSSR count). The second-order valence-corrected chi connectivity index (χ2v) is 3.96. The van der Waals surface area contributed by atoms with Crippen molar-refractivity contribution in [3.05, 3.63) is 35.9 Å². The summed E-state index contributed by atoms with van der Waals surface area (Å²) in [6.07, 6.45) is 2.46. The lowest BCUT2D eigenvalue weighted by molar-refractivity contribution is -0.111. The van der Waals surface area contributed by atoms with E-state index in [2.05, 4.69) is 19.1 Å². The van der Waals surface area contributed by atoms with E-state index >= 15 is 0 Å². The van der Waals surface area contributed by atoms with Crippen LogP contribution in [-0.2, 0) is 4.79 Å². The standard InChI is InChI=1S/C11H14OS/c1-9(8-11(12)13-2)10-6-4-3-5-7-10/h3-7,9H,8H2,1-2H3/t9-/m0/s1. The molecule has 1 nitrogen and oxygen atoms in total. The molecule has 0 unspecified atom stereocenters. The first kappa shape index (κ1) is 10.3. The third kappa shape index (κ3) is 3.23. The first-order valence-corrected chi connectivity index (χ1v) is 5.58. The van der Waals surface area contributed by atoms with Gasteiger partial charge < -0.3 is 0 Å². The highest BCUT2D eigenvalue weighted by Gasteiger charge is 2.09. The van der Waals surface area contributed by atoms with Gasteiger partial charge in [0.15, 0.2) is 5.12 Å². The Morgan fingerprint density at radius 2 is 2.00 bits per heavy atom. The van der Waals surface area contributed by atoms with Crippen LogP contribution in [0.4, 0.5) is 0 Å². The molecule has 0 saturated heterocycles. The first-order chi connectivity index (χ1) is 6.24. The molecule has 1 aromatic carbocycles. The maximum Gasteiger partial charge on any atom is 0.189 e. The number of rotatable bonds is 3. The summed E-state index contributed by atoms with van der Waals surface area (Å²) in [4.78, 5) is 11.2. The smallest absolute Gasteiger partial charge is 0.189 e. The summed E-state index contributed by atoms with van der Waals surface area (Å²) in [6.45, 7) is 2.09. The van der Waals surface area contributed by atoms with Crippen molar-refractivity contribution in [1.29, 1.82) is 0 Å². The van der Waals surface area contributed by atoms with Crippen LogP contribution in [0.2, 0.25) is 0 Å². The Morgan fingerprint density at radius 1 is 1.38 bits per heavy atom. The van der Waals surface area contributed by atoms with Gasteiger partial charge in [0.05, 0.1) is 0 Å². The molecule has 13 heavy (non-hydrogen) atoms. The third-order valence-electron chi connectivity index (χ3n) is 2.07. The van der Waals surface area contributed by atoms with E-state index < -0.39 is 0 Å². The summed E-state index contributed by atoms with van der Waals surface area (Å²) in [6, 6.07) is 10.1. The van der Waals surface area contributed by atoms with E-state index in [4.69, 9.17) is 0 Å². The van der Waals surface area contributed by atoms with Crippen molar-refractivity contribution in [3.63, 3.8) is 0 Å². The SMILES string of the molecule is CSC(=O)C[C@H](C)c1ccccc1. The molecule has 0 heterocycles. The van der Waals surface area contributed by atoms with Crippen LogP contribution in [-0.4, -0.2) is 11.4 Å². The number of hydrogen-bond donors (Lipinski definition) is 0. The average Bonchev–Trinajstić information content (AvgIpc) is 2.19. The normalized spacial score (nSPS) is 12.5.